The Morgan fingerprint density at radius 1 is 1.48 bits per heavy atom. The largest absolute Gasteiger partial charge is 0.480 e. The molecule has 0 aromatic carbocycles. The molecule has 1 saturated heterocycles. The topological polar surface area (TPSA) is 92.9 Å². The standard InChI is InChI=1S/C16H24N2O4S/c1-16(2,3)22-15(21)10-6-4-8-18(13(10)17)12(14(19)20)11-7-5-9-23-11/h5,7,9-10,12-13H,4,6,8,17H2,1-3H3,(H,19,20)/t10-,12-,13+/m1/s1. The van der Waals surface area contributed by atoms with E-state index in [4.69, 9.17) is 10.5 Å². The van der Waals surface area contributed by atoms with E-state index in [2.05, 4.69) is 0 Å². The van der Waals surface area contributed by atoms with Crippen molar-refractivity contribution in [1.29, 1.82) is 0 Å². The molecular weight excluding hydrogens is 316 g/mol. The van der Waals surface area contributed by atoms with Crippen molar-refractivity contribution in [3.05, 3.63) is 22.4 Å². The van der Waals surface area contributed by atoms with E-state index in [0.29, 0.717) is 19.4 Å². The van der Waals surface area contributed by atoms with Crippen molar-refractivity contribution in [2.45, 2.75) is 51.4 Å². The summed E-state index contributed by atoms with van der Waals surface area (Å²) < 4.78 is 5.44. The normalized spacial score (nSPS) is 24.2. The van der Waals surface area contributed by atoms with Gasteiger partial charge in [0.05, 0.1) is 12.1 Å². The van der Waals surface area contributed by atoms with Crippen LogP contribution in [-0.2, 0) is 14.3 Å². The zero-order valence-electron chi connectivity index (χ0n) is 13.7. The Hall–Kier alpha value is -1.44. The van der Waals surface area contributed by atoms with E-state index in [-0.39, 0.29) is 5.97 Å². The molecule has 3 atom stereocenters. The number of rotatable bonds is 4. The van der Waals surface area contributed by atoms with Crippen molar-refractivity contribution in [3.8, 4) is 0 Å². The van der Waals surface area contributed by atoms with Crippen molar-refractivity contribution in [2.75, 3.05) is 6.54 Å². The first kappa shape index (κ1) is 17.9. The van der Waals surface area contributed by atoms with Crippen molar-refractivity contribution in [2.24, 2.45) is 11.7 Å². The molecule has 1 aliphatic heterocycles. The number of piperidine rings is 1. The van der Waals surface area contributed by atoms with Gasteiger partial charge in [-0.2, -0.15) is 0 Å². The molecule has 128 valence electrons. The van der Waals surface area contributed by atoms with Crippen LogP contribution in [0.15, 0.2) is 17.5 Å². The highest BCUT2D eigenvalue weighted by Gasteiger charge is 2.41. The smallest absolute Gasteiger partial charge is 0.326 e. The van der Waals surface area contributed by atoms with E-state index in [0.717, 1.165) is 4.88 Å². The third-order valence-electron chi connectivity index (χ3n) is 3.81. The number of esters is 1. The molecule has 0 aliphatic carbocycles. The molecule has 1 fully saturated rings. The molecule has 1 aromatic rings. The summed E-state index contributed by atoms with van der Waals surface area (Å²) in [5.74, 6) is -1.82. The van der Waals surface area contributed by atoms with Crippen LogP contribution in [0, 0.1) is 5.92 Å². The van der Waals surface area contributed by atoms with E-state index < -0.39 is 29.7 Å². The molecule has 0 amide bonds. The van der Waals surface area contributed by atoms with Gasteiger partial charge < -0.3 is 15.6 Å². The average molecular weight is 340 g/mol. The van der Waals surface area contributed by atoms with Crippen LogP contribution in [0.2, 0.25) is 0 Å². The lowest BCUT2D eigenvalue weighted by atomic mass is 9.92. The Labute approximate surface area is 140 Å². The molecule has 0 saturated carbocycles. The van der Waals surface area contributed by atoms with Crippen LogP contribution in [0.3, 0.4) is 0 Å². The minimum Gasteiger partial charge on any atom is -0.480 e. The number of nitrogens with two attached hydrogens (primary N) is 1. The van der Waals surface area contributed by atoms with Gasteiger partial charge in [-0.25, -0.2) is 0 Å². The van der Waals surface area contributed by atoms with Crippen LogP contribution in [0.1, 0.15) is 44.5 Å². The van der Waals surface area contributed by atoms with Gasteiger partial charge in [-0.05, 0) is 45.1 Å². The second-order valence-electron chi connectivity index (χ2n) is 6.77. The van der Waals surface area contributed by atoms with Crippen LogP contribution >= 0.6 is 11.3 Å². The molecular formula is C16H24N2O4S. The maximum absolute atomic E-state index is 12.4. The first-order valence-corrected chi connectivity index (χ1v) is 8.59. The number of likely N-dealkylation sites (tertiary alicyclic amines) is 1. The maximum Gasteiger partial charge on any atom is 0.326 e. The number of carbonyl (C=O) groups excluding carboxylic acids is 1. The van der Waals surface area contributed by atoms with Crippen molar-refractivity contribution in [1.82, 2.24) is 4.90 Å². The molecule has 0 unspecified atom stereocenters. The molecule has 1 aliphatic rings. The Morgan fingerprint density at radius 3 is 2.70 bits per heavy atom. The summed E-state index contributed by atoms with van der Waals surface area (Å²) >= 11 is 1.38. The number of ether oxygens (including phenoxy) is 1. The van der Waals surface area contributed by atoms with Gasteiger partial charge in [-0.15, -0.1) is 11.3 Å². The zero-order chi connectivity index (χ0) is 17.2. The second-order valence-corrected chi connectivity index (χ2v) is 7.75. The van der Waals surface area contributed by atoms with E-state index >= 15 is 0 Å². The van der Waals surface area contributed by atoms with Crippen LogP contribution in [0.25, 0.3) is 0 Å². The van der Waals surface area contributed by atoms with Gasteiger partial charge in [0.1, 0.15) is 11.6 Å². The molecule has 3 N–H and O–H groups in total. The highest BCUT2D eigenvalue weighted by atomic mass is 32.1. The number of thiophene rings is 1. The molecule has 7 heteroatoms. The first-order valence-electron chi connectivity index (χ1n) is 7.71. The fraction of sp³-hybridized carbons (Fsp3) is 0.625. The minimum absolute atomic E-state index is 0.356. The quantitative estimate of drug-likeness (QED) is 0.816. The molecule has 1 aromatic heterocycles. The van der Waals surface area contributed by atoms with Crippen molar-refractivity contribution in [3.63, 3.8) is 0 Å². The molecule has 23 heavy (non-hydrogen) atoms. The van der Waals surface area contributed by atoms with E-state index in [1.54, 1.807) is 11.0 Å². The van der Waals surface area contributed by atoms with E-state index in [1.165, 1.54) is 11.3 Å². The predicted octanol–water partition coefficient (Wildman–Crippen LogP) is 2.21. The highest BCUT2D eigenvalue weighted by Crippen LogP contribution is 2.33. The van der Waals surface area contributed by atoms with Gasteiger partial charge in [0.2, 0.25) is 0 Å². The third-order valence-corrected chi connectivity index (χ3v) is 4.74. The molecule has 6 nitrogen and oxygen atoms in total. The monoisotopic (exact) mass is 340 g/mol. The summed E-state index contributed by atoms with van der Waals surface area (Å²) in [4.78, 5) is 26.5. The summed E-state index contributed by atoms with van der Waals surface area (Å²) in [7, 11) is 0. The number of hydrogen-bond donors (Lipinski definition) is 2. The van der Waals surface area contributed by atoms with Gasteiger partial charge in [-0.1, -0.05) is 6.07 Å². The lowest BCUT2D eigenvalue weighted by Crippen LogP contribution is -2.56. The Bertz CT molecular complexity index is 553. The Kier molecular flexibility index (Phi) is 5.44. The number of nitrogens with zero attached hydrogens (tertiary/aromatic N) is 1. The molecule has 2 heterocycles. The SMILES string of the molecule is CC(C)(C)OC(=O)[C@@H]1CCCN([C@@H](C(=O)O)c2cccs2)[C@@H]1N. The summed E-state index contributed by atoms with van der Waals surface area (Å²) in [5, 5.41) is 11.5. The summed E-state index contributed by atoms with van der Waals surface area (Å²) in [5.41, 5.74) is 5.67. The lowest BCUT2D eigenvalue weighted by Gasteiger charge is -2.41. The van der Waals surface area contributed by atoms with Gasteiger partial charge in [0.25, 0.3) is 0 Å². The van der Waals surface area contributed by atoms with Crippen LogP contribution in [-0.4, -0.2) is 40.3 Å². The fourth-order valence-electron chi connectivity index (χ4n) is 2.85. The van der Waals surface area contributed by atoms with E-state index in [9.17, 15) is 14.7 Å². The van der Waals surface area contributed by atoms with E-state index in [1.807, 2.05) is 32.2 Å². The first-order chi connectivity index (χ1) is 10.7. The van der Waals surface area contributed by atoms with Crippen molar-refractivity contribution >= 4 is 23.3 Å². The zero-order valence-corrected chi connectivity index (χ0v) is 14.5. The number of aliphatic carboxylic acids is 1. The van der Waals surface area contributed by atoms with Crippen LogP contribution in [0.4, 0.5) is 0 Å². The summed E-state index contributed by atoms with van der Waals surface area (Å²) in [6.07, 6.45) is 0.664. The predicted molar refractivity (Wildman–Crippen MR) is 87.9 cm³/mol. The average Bonchev–Trinajstić information content (AvgIpc) is 2.92. The van der Waals surface area contributed by atoms with Gasteiger partial charge in [-0.3, -0.25) is 14.5 Å². The Morgan fingerprint density at radius 2 is 2.17 bits per heavy atom. The van der Waals surface area contributed by atoms with Gasteiger partial charge in [0.15, 0.2) is 0 Å². The molecule has 2 rings (SSSR count). The summed E-state index contributed by atoms with van der Waals surface area (Å²) in [6.45, 7) is 5.98. The fourth-order valence-corrected chi connectivity index (χ4v) is 3.69. The number of carboxylic acids is 1. The minimum atomic E-state index is -0.951. The highest BCUT2D eigenvalue weighted by molar-refractivity contribution is 7.10. The molecule has 0 spiro atoms. The van der Waals surface area contributed by atoms with Gasteiger partial charge in [0, 0.05) is 11.4 Å². The number of carbonyl (C=O) groups is 2. The van der Waals surface area contributed by atoms with Crippen molar-refractivity contribution < 1.29 is 19.4 Å². The molecule has 0 radical (unpaired) electrons. The molecule has 0 bridgehead atoms. The third kappa shape index (κ3) is 4.31. The summed E-state index contributed by atoms with van der Waals surface area (Å²) in [6, 6.07) is 2.78. The Balaban J connectivity index is 2.19. The van der Waals surface area contributed by atoms with Crippen LogP contribution < -0.4 is 5.73 Å². The maximum atomic E-state index is 12.4. The lowest BCUT2D eigenvalue weighted by molar-refractivity contribution is -0.167. The number of carboxylic acid groups (broad SMARTS) is 1. The van der Waals surface area contributed by atoms with Gasteiger partial charge >= 0.3 is 11.9 Å². The second kappa shape index (κ2) is 6.98. The van der Waals surface area contributed by atoms with Crippen LogP contribution in [0.5, 0.6) is 0 Å². The number of hydrogen-bond acceptors (Lipinski definition) is 6.